The Bertz CT molecular complexity index is 1050. The van der Waals surface area contributed by atoms with Crippen molar-refractivity contribution in [1.82, 2.24) is 5.32 Å². The van der Waals surface area contributed by atoms with Crippen LogP contribution < -0.4 is 10.2 Å². The molecule has 0 saturated heterocycles. The number of carbonyl (C=O) groups is 2. The van der Waals surface area contributed by atoms with Gasteiger partial charge in [-0.25, -0.2) is 0 Å². The van der Waals surface area contributed by atoms with Gasteiger partial charge in [0.15, 0.2) is 0 Å². The summed E-state index contributed by atoms with van der Waals surface area (Å²) in [5, 5.41) is 7.27. The van der Waals surface area contributed by atoms with Gasteiger partial charge in [0.25, 0.3) is 0 Å². The molecule has 1 aliphatic rings. The number of amides is 2. The fraction of sp³-hybridized carbons (Fsp3) is 0.357. The minimum atomic E-state index is -0.723. The molecule has 1 saturated carbocycles. The lowest BCUT2D eigenvalue weighted by Crippen LogP contribution is -2.48. The molecule has 5 heteroatoms. The van der Waals surface area contributed by atoms with Gasteiger partial charge in [0.05, 0.1) is 12.1 Å². The summed E-state index contributed by atoms with van der Waals surface area (Å²) < 4.78 is 0. The predicted molar refractivity (Wildman–Crippen MR) is 136 cm³/mol. The van der Waals surface area contributed by atoms with Crippen LogP contribution in [0.15, 0.2) is 65.4 Å². The maximum Gasteiger partial charge on any atom is 0.248 e. The van der Waals surface area contributed by atoms with Crippen molar-refractivity contribution in [2.45, 2.75) is 64.5 Å². The molecule has 3 aromatic rings. The van der Waals surface area contributed by atoms with Crippen molar-refractivity contribution in [3.05, 3.63) is 87.6 Å². The van der Waals surface area contributed by atoms with E-state index < -0.39 is 6.04 Å². The van der Waals surface area contributed by atoms with Gasteiger partial charge in [-0.3, -0.25) is 14.5 Å². The smallest absolute Gasteiger partial charge is 0.248 e. The number of rotatable bonds is 7. The van der Waals surface area contributed by atoms with Crippen molar-refractivity contribution >= 4 is 28.8 Å². The van der Waals surface area contributed by atoms with Crippen LogP contribution in [0.5, 0.6) is 0 Å². The first-order valence-corrected chi connectivity index (χ1v) is 12.7. The van der Waals surface area contributed by atoms with Crippen molar-refractivity contribution in [3.8, 4) is 0 Å². The monoisotopic (exact) mass is 460 g/mol. The minimum absolute atomic E-state index is 0.0709. The van der Waals surface area contributed by atoms with Crippen LogP contribution >= 0.6 is 11.3 Å². The molecular formula is C28H32N2O2S. The van der Waals surface area contributed by atoms with Gasteiger partial charge in [-0.15, -0.1) is 0 Å². The second-order valence-electron chi connectivity index (χ2n) is 8.97. The summed E-state index contributed by atoms with van der Waals surface area (Å²) in [4.78, 5) is 29.5. The summed E-state index contributed by atoms with van der Waals surface area (Å²) in [5.41, 5.74) is 4.60. The lowest BCUT2D eigenvalue weighted by atomic mass is 9.94. The molecular weight excluding hydrogens is 428 g/mol. The maximum atomic E-state index is 13.9. The molecule has 1 unspecified atom stereocenters. The van der Waals surface area contributed by atoms with Crippen LogP contribution in [0, 0.1) is 13.8 Å². The zero-order valence-electron chi connectivity index (χ0n) is 19.4. The molecule has 2 aromatic carbocycles. The second-order valence-corrected chi connectivity index (χ2v) is 9.75. The first-order valence-electron chi connectivity index (χ1n) is 11.8. The van der Waals surface area contributed by atoms with E-state index in [-0.39, 0.29) is 24.3 Å². The Morgan fingerprint density at radius 2 is 1.67 bits per heavy atom. The van der Waals surface area contributed by atoms with Crippen LogP contribution in [0.1, 0.15) is 60.4 Å². The van der Waals surface area contributed by atoms with E-state index >= 15 is 0 Å². The fourth-order valence-electron chi connectivity index (χ4n) is 4.82. The highest BCUT2D eigenvalue weighted by atomic mass is 32.1. The van der Waals surface area contributed by atoms with Gasteiger partial charge in [0.1, 0.15) is 6.04 Å². The third-order valence-corrected chi connectivity index (χ3v) is 7.19. The Labute approximate surface area is 200 Å². The normalized spacial score (nSPS) is 15.1. The summed E-state index contributed by atoms with van der Waals surface area (Å²) in [6, 6.07) is 17.1. The topological polar surface area (TPSA) is 49.4 Å². The number of thiophene rings is 1. The minimum Gasteiger partial charge on any atom is -0.351 e. The molecule has 0 spiro atoms. The van der Waals surface area contributed by atoms with E-state index in [2.05, 4.69) is 5.32 Å². The molecule has 2 amide bonds. The number of nitrogens with zero attached hydrogens (tertiary/aromatic N) is 1. The van der Waals surface area contributed by atoms with Crippen LogP contribution in [0.3, 0.4) is 0 Å². The molecule has 4 nitrogen and oxygen atoms in total. The van der Waals surface area contributed by atoms with E-state index in [1.807, 2.05) is 79.2 Å². The summed E-state index contributed by atoms with van der Waals surface area (Å²) in [6.07, 6.45) is 5.76. The van der Waals surface area contributed by atoms with Gasteiger partial charge < -0.3 is 5.32 Å². The predicted octanol–water partition coefficient (Wildman–Crippen LogP) is 6.13. The van der Waals surface area contributed by atoms with E-state index in [9.17, 15) is 9.59 Å². The highest BCUT2D eigenvalue weighted by Crippen LogP contribution is 2.34. The number of hydrogen-bond donors (Lipinski definition) is 1. The molecule has 0 aliphatic heterocycles. The van der Waals surface area contributed by atoms with Crippen LogP contribution in [0.25, 0.3) is 0 Å². The quantitative estimate of drug-likeness (QED) is 0.461. The Morgan fingerprint density at radius 1 is 0.970 bits per heavy atom. The average Bonchev–Trinajstić information content (AvgIpc) is 3.32. The Kier molecular flexibility index (Phi) is 7.61. The second kappa shape index (κ2) is 10.8. The van der Waals surface area contributed by atoms with E-state index in [1.165, 1.54) is 6.42 Å². The van der Waals surface area contributed by atoms with Crippen molar-refractivity contribution in [1.29, 1.82) is 0 Å². The number of nitrogens with one attached hydrogen (secondary N) is 1. The third-order valence-electron chi connectivity index (χ3n) is 6.46. The van der Waals surface area contributed by atoms with E-state index in [4.69, 9.17) is 0 Å². The maximum absolute atomic E-state index is 13.9. The molecule has 0 radical (unpaired) electrons. The van der Waals surface area contributed by atoms with Crippen LogP contribution in [-0.4, -0.2) is 17.9 Å². The Hall–Kier alpha value is -2.92. The highest BCUT2D eigenvalue weighted by molar-refractivity contribution is 7.08. The van der Waals surface area contributed by atoms with Crippen molar-refractivity contribution in [3.63, 3.8) is 0 Å². The van der Waals surface area contributed by atoms with Gasteiger partial charge in [-0.05, 0) is 65.8 Å². The number of carbonyl (C=O) groups excluding carboxylic acids is 2. The molecule has 0 bridgehead atoms. The summed E-state index contributed by atoms with van der Waals surface area (Å²) in [5.74, 6) is -0.173. The fourth-order valence-corrected chi connectivity index (χ4v) is 5.49. The summed E-state index contributed by atoms with van der Waals surface area (Å²) >= 11 is 1.58. The number of para-hydroxylation sites is 1. The lowest BCUT2D eigenvalue weighted by molar-refractivity contribution is -0.127. The molecule has 4 rings (SSSR count). The number of aryl methyl sites for hydroxylation is 2. The SMILES string of the molecule is Cc1cccc(C)c1N(C(=O)Cc1ccsc1)C(C(=O)NC1CCCCC1)c1ccccc1. The molecule has 33 heavy (non-hydrogen) atoms. The Morgan fingerprint density at radius 3 is 2.30 bits per heavy atom. The zero-order chi connectivity index (χ0) is 23.2. The number of hydrogen-bond acceptors (Lipinski definition) is 3. The van der Waals surface area contributed by atoms with E-state index in [0.29, 0.717) is 0 Å². The van der Waals surface area contributed by atoms with Crippen molar-refractivity contribution in [2.24, 2.45) is 0 Å². The van der Waals surface area contributed by atoms with E-state index in [1.54, 1.807) is 16.2 Å². The zero-order valence-corrected chi connectivity index (χ0v) is 20.2. The van der Waals surface area contributed by atoms with Gasteiger partial charge in [0.2, 0.25) is 11.8 Å². The van der Waals surface area contributed by atoms with Gasteiger partial charge >= 0.3 is 0 Å². The molecule has 1 atom stereocenters. The first kappa shape index (κ1) is 23.2. The van der Waals surface area contributed by atoms with Crippen LogP contribution in [0.4, 0.5) is 5.69 Å². The summed E-state index contributed by atoms with van der Waals surface area (Å²) in [7, 11) is 0. The molecule has 1 fully saturated rings. The van der Waals surface area contributed by atoms with Crippen molar-refractivity contribution < 1.29 is 9.59 Å². The van der Waals surface area contributed by atoms with Crippen LogP contribution in [0.2, 0.25) is 0 Å². The van der Waals surface area contributed by atoms with Gasteiger partial charge in [-0.2, -0.15) is 11.3 Å². The molecule has 1 N–H and O–H groups in total. The number of benzene rings is 2. The standard InChI is InChI=1S/C28H32N2O2S/c1-20-10-9-11-21(2)26(20)30(25(31)18-22-16-17-33-19-22)27(23-12-5-3-6-13-23)28(32)29-24-14-7-4-8-15-24/h3,5-6,9-13,16-17,19,24,27H,4,7-8,14-15,18H2,1-2H3,(H,29,32). The first-order chi connectivity index (χ1) is 16.0. The average molecular weight is 461 g/mol. The van der Waals surface area contributed by atoms with E-state index in [0.717, 1.165) is 53.6 Å². The summed E-state index contributed by atoms with van der Waals surface area (Å²) in [6.45, 7) is 4.02. The lowest BCUT2D eigenvalue weighted by Gasteiger charge is -2.35. The Balaban J connectivity index is 1.78. The number of anilines is 1. The molecule has 1 aliphatic carbocycles. The highest BCUT2D eigenvalue weighted by Gasteiger charge is 2.35. The van der Waals surface area contributed by atoms with Crippen molar-refractivity contribution in [2.75, 3.05) is 4.90 Å². The molecule has 1 heterocycles. The molecule has 1 aromatic heterocycles. The largest absolute Gasteiger partial charge is 0.351 e. The van der Waals surface area contributed by atoms with Crippen LogP contribution in [-0.2, 0) is 16.0 Å². The third kappa shape index (κ3) is 5.53. The molecule has 172 valence electrons. The van der Waals surface area contributed by atoms with Gasteiger partial charge in [0, 0.05) is 6.04 Å². The van der Waals surface area contributed by atoms with Gasteiger partial charge in [-0.1, -0.05) is 67.8 Å².